The lowest BCUT2D eigenvalue weighted by atomic mass is 10.1. The molecule has 3 aromatic heterocycles. The second kappa shape index (κ2) is 7.35. The van der Waals surface area contributed by atoms with Crippen molar-refractivity contribution >= 4 is 44.3 Å². The molecule has 0 saturated carbocycles. The van der Waals surface area contributed by atoms with Crippen LogP contribution in [0.1, 0.15) is 25.0 Å². The van der Waals surface area contributed by atoms with Crippen molar-refractivity contribution in [2.45, 2.75) is 32.2 Å². The largest absolute Gasteiger partial charge is 0.354 e. The maximum Gasteiger partial charge on any atom is 0.242 e. The Bertz CT molecular complexity index is 1280. The van der Waals surface area contributed by atoms with Crippen molar-refractivity contribution in [3.63, 3.8) is 0 Å². The average molecular weight is 469 g/mol. The zero-order valence-corrected chi connectivity index (χ0v) is 18.3. The van der Waals surface area contributed by atoms with Crippen molar-refractivity contribution in [3.05, 3.63) is 34.6 Å². The Kier molecular flexibility index (Phi) is 4.65. The quantitative estimate of drug-likeness (QED) is 0.479. The molecule has 30 heavy (non-hydrogen) atoms. The van der Waals surface area contributed by atoms with Crippen LogP contribution in [0.25, 0.3) is 27.9 Å². The first-order valence-corrected chi connectivity index (χ1v) is 10.7. The lowest BCUT2D eigenvalue weighted by Gasteiger charge is -2.17. The van der Waals surface area contributed by atoms with E-state index >= 15 is 0 Å². The monoisotopic (exact) mass is 468 g/mol. The summed E-state index contributed by atoms with van der Waals surface area (Å²) in [6, 6.07) is 5.50. The van der Waals surface area contributed by atoms with Crippen molar-refractivity contribution in [1.82, 2.24) is 34.7 Å². The fourth-order valence-corrected chi connectivity index (χ4v) is 4.31. The summed E-state index contributed by atoms with van der Waals surface area (Å²) in [5.74, 6) is 1.05. The number of rotatable bonds is 3. The fraction of sp³-hybridized carbons (Fsp3) is 0.350. The molecule has 0 unspecified atom stereocenters. The topological polar surface area (TPSA) is 102 Å². The van der Waals surface area contributed by atoms with Crippen molar-refractivity contribution in [3.8, 4) is 11.4 Å². The molecule has 4 aromatic rings. The number of para-hydroxylation sites is 1. The SMILES string of the molecule is Cc1nn(C)cc1-c1nc2c3cccc(Br)c3nc(N[C@@H]3CCCCNC3=O)n2n1. The van der Waals surface area contributed by atoms with Crippen molar-refractivity contribution < 1.29 is 4.79 Å². The van der Waals surface area contributed by atoms with Gasteiger partial charge in [0.2, 0.25) is 11.9 Å². The van der Waals surface area contributed by atoms with Crippen LogP contribution in [0.3, 0.4) is 0 Å². The Hall–Kier alpha value is -3.01. The fourth-order valence-electron chi connectivity index (χ4n) is 3.86. The molecular formula is C20H21BrN8O. The van der Waals surface area contributed by atoms with E-state index in [0.717, 1.165) is 45.9 Å². The third-order valence-electron chi connectivity index (χ3n) is 5.35. The first kappa shape index (κ1) is 19.0. The number of halogens is 1. The van der Waals surface area contributed by atoms with Gasteiger partial charge in [-0.3, -0.25) is 9.48 Å². The van der Waals surface area contributed by atoms with E-state index in [0.29, 0.717) is 24.0 Å². The van der Waals surface area contributed by atoms with Crippen LogP contribution >= 0.6 is 15.9 Å². The van der Waals surface area contributed by atoms with Gasteiger partial charge in [0.05, 0.1) is 16.8 Å². The predicted octanol–water partition coefficient (Wildman–Crippen LogP) is 2.83. The van der Waals surface area contributed by atoms with Gasteiger partial charge in [-0.25, -0.2) is 9.97 Å². The minimum atomic E-state index is -0.365. The van der Waals surface area contributed by atoms with Gasteiger partial charge in [0, 0.05) is 29.6 Å². The summed E-state index contributed by atoms with van der Waals surface area (Å²) in [7, 11) is 1.87. The number of nitrogens with one attached hydrogen (secondary N) is 2. The maximum atomic E-state index is 12.5. The summed E-state index contributed by atoms with van der Waals surface area (Å²) in [5, 5.41) is 16.3. The van der Waals surface area contributed by atoms with Crippen molar-refractivity contribution in [2.75, 3.05) is 11.9 Å². The first-order valence-electron chi connectivity index (χ1n) is 9.91. The van der Waals surface area contributed by atoms with E-state index in [1.807, 2.05) is 38.4 Å². The van der Waals surface area contributed by atoms with E-state index in [9.17, 15) is 4.79 Å². The number of aryl methyl sites for hydroxylation is 2. The van der Waals surface area contributed by atoms with Crippen LogP contribution in [0.4, 0.5) is 5.95 Å². The van der Waals surface area contributed by atoms with Gasteiger partial charge in [-0.05, 0) is 54.2 Å². The third kappa shape index (κ3) is 3.20. The van der Waals surface area contributed by atoms with Crippen LogP contribution < -0.4 is 10.6 Å². The molecule has 1 amide bonds. The minimum absolute atomic E-state index is 0.0156. The van der Waals surface area contributed by atoms with Gasteiger partial charge in [-0.15, -0.1) is 5.10 Å². The molecule has 1 aliphatic heterocycles. The van der Waals surface area contributed by atoms with Crippen LogP contribution in [-0.2, 0) is 11.8 Å². The van der Waals surface area contributed by atoms with Crippen LogP contribution in [0.5, 0.6) is 0 Å². The van der Waals surface area contributed by atoms with Crippen LogP contribution in [0.15, 0.2) is 28.9 Å². The molecule has 5 rings (SSSR count). The molecule has 10 heteroatoms. The molecule has 9 nitrogen and oxygen atoms in total. The number of aromatic nitrogens is 6. The Morgan fingerprint density at radius 2 is 2.10 bits per heavy atom. The van der Waals surface area contributed by atoms with Gasteiger partial charge in [-0.1, -0.05) is 6.07 Å². The Labute approximate surface area is 181 Å². The molecule has 4 heterocycles. The molecule has 0 spiro atoms. The number of carbonyl (C=O) groups excluding carboxylic acids is 1. The first-order chi connectivity index (χ1) is 14.5. The molecule has 1 aromatic carbocycles. The zero-order valence-electron chi connectivity index (χ0n) is 16.7. The third-order valence-corrected chi connectivity index (χ3v) is 5.99. The number of nitrogens with zero attached hydrogens (tertiary/aromatic N) is 6. The lowest BCUT2D eigenvalue weighted by Crippen LogP contribution is -2.38. The summed E-state index contributed by atoms with van der Waals surface area (Å²) in [5.41, 5.74) is 3.16. The number of benzene rings is 1. The van der Waals surface area contributed by atoms with E-state index in [1.165, 1.54) is 0 Å². The molecule has 154 valence electrons. The summed E-state index contributed by atoms with van der Waals surface area (Å²) in [4.78, 5) is 22.1. The standard InChI is InChI=1S/C20H21BrN8O/c1-11-13(10-28(2)26-11)17-25-18-12-6-5-7-14(21)16(12)24-20(29(18)27-17)23-15-8-3-4-9-22-19(15)30/h5-7,10,15H,3-4,8-9H2,1-2H3,(H,22,30)(H,23,24)/t15-/m1/s1. The molecule has 0 radical (unpaired) electrons. The minimum Gasteiger partial charge on any atom is -0.354 e. The smallest absolute Gasteiger partial charge is 0.242 e. The average Bonchev–Trinajstić information content (AvgIpc) is 3.24. The number of amides is 1. The zero-order chi connectivity index (χ0) is 20.8. The number of hydrogen-bond acceptors (Lipinski definition) is 6. The molecule has 1 atom stereocenters. The molecule has 1 fully saturated rings. The van der Waals surface area contributed by atoms with Crippen LogP contribution in [0.2, 0.25) is 0 Å². The van der Waals surface area contributed by atoms with Gasteiger partial charge >= 0.3 is 0 Å². The van der Waals surface area contributed by atoms with E-state index in [2.05, 4.69) is 31.7 Å². The van der Waals surface area contributed by atoms with E-state index < -0.39 is 0 Å². The summed E-state index contributed by atoms with van der Waals surface area (Å²) < 4.78 is 4.30. The molecule has 1 saturated heterocycles. The molecular weight excluding hydrogens is 448 g/mol. The summed E-state index contributed by atoms with van der Waals surface area (Å²) >= 11 is 3.59. The number of carbonyl (C=O) groups is 1. The molecule has 0 bridgehead atoms. The van der Waals surface area contributed by atoms with E-state index in [-0.39, 0.29) is 11.9 Å². The highest BCUT2D eigenvalue weighted by atomic mass is 79.9. The molecule has 1 aliphatic rings. The Morgan fingerprint density at radius 1 is 1.23 bits per heavy atom. The van der Waals surface area contributed by atoms with Crippen molar-refractivity contribution in [2.24, 2.45) is 7.05 Å². The van der Waals surface area contributed by atoms with Crippen molar-refractivity contribution in [1.29, 1.82) is 0 Å². The van der Waals surface area contributed by atoms with Gasteiger partial charge in [0.25, 0.3) is 0 Å². The molecule has 2 N–H and O–H groups in total. The normalized spacial score (nSPS) is 17.3. The highest BCUT2D eigenvalue weighted by Gasteiger charge is 2.24. The molecule has 0 aliphatic carbocycles. The van der Waals surface area contributed by atoms with Gasteiger partial charge in [0.15, 0.2) is 11.5 Å². The van der Waals surface area contributed by atoms with Crippen LogP contribution in [-0.4, -0.2) is 47.9 Å². The number of hydrogen-bond donors (Lipinski definition) is 2. The highest BCUT2D eigenvalue weighted by Crippen LogP contribution is 2.29. The summed E-state index contributed by atoms with van der Waals surface area (Å²) in [6.45, 7) is 2.64. The lowest BCUT2D eigenvalue weighted by molar-refractivity contribution is -0.121. The van der Waals surface area contributed by atoms with Crippen LogP contribution in [0, 0.1) is 6.92 Å². The number of anilines is 1. The predicted molar refractivity (Wildman–Crippen MR) is 117 cm³/mol. The van der Waals surface area contributed by atoms with E-state index in [1.54, 1.807) is 9.20 Å². The maximum absolute atomic E-state index is 12.5. The van der Waals surface area contributed by atoms with E-state index in [4.69, 9.17) is 15.1 Å². The number of fused-ring (bicyclic) bond motifs is 3. The second-order valence-electron chi connectivity index (χ2n) is 7.53. The van der Waals surface area contributed by atoms with Gasteiger partial charge < -0.3 is 10.6 Å². The Morgan fingerprint density at radius 3 is 2.90 bits per heavy atom. The van der Waals surface area contributed by atoms with Gasteiger partial charge in [0.1, 0.15) is 6.04 Å². The highest BCUT2D eigenvalue weighted by molar-refractivity contribution is 9.10. The summed E-state index contributed by atoms with van der Waals surface area (Å²) in [6.07, 6.45) is 4.59. The van der Waals surface area contributed by atoms with Gasteiger partial charge in [-0.2, -0.15) is 9.61 Å². The second-order valence-corrected chi connectivity index (χ2v) is 8.38. The Balaban J connectivity index is 1.70.